The van der Waals surface area contributed by atoms with Crippen molar-refractivity contribution in [3.05, 3.63) is 59.5 Å². The summed E-state index contributed by atoms with van der Waals surface area (Å²) in [6, 6.07) is 8.73. The Balaban J connectivity index is 1.79. The monoisotopic (exact) mass is 307 g/mol. The van der Waals surface area contributed by atoms with Gasteiger partial charge in [0.15, 0.2) is 0 Å². The van der Waals surface area contributed by atoms with Gasteiger partial charge in [-0.1, -0.05) is 6.07 Å². The zero-order valence-electron chi connectivity index (χ0n) is 11.2. The van der Waals surface area contributed by atoms with E-state index in [1.165, 1.54) is 11.3 Å². The van der Waals surface area contributed by atoms with E-state index in [0.29, 0.717) is 27.6 Å². The second kappa shape index (κ2) is 6.11. The third kappa shape index (κ3) is 2.97. The Morgan fingerprint density at radius 2 is 2.23 bits per heavy atom. The molecule has 0 radical (unpaired) electrons. The zero-order valence-corrected chi connectivity index (χ0v) is 12.0. The fraction of sp³-hybridized carbons (Fsp3) is 0. The molecule has 0 spiro atoms. The molecule has 7 heteroatoms. The number of thiazole rings is 1. The standard InChI is InChI=1S/C15H9N5OS/c16-7-10-2-1-3-11(6-10)19-14(21)13-9-22-15(20-13)12-8-17-4-5-18-12/h1-6,8-9H,(H,19,21). The Morgan fingerprint density at radius 3 is 3.00 bits per heavy atom. The van der Waals surface area contributed by atoms with Gasteiger partial charge in [-0.3, -0.25) is 14.8 Å². The number of carbonyl (C=O) groups excluding carboxylic acids is 1. The topological polar surface area (TPSA) is 91.6 Å². The molecule has 0 atom stereocenters. The largest absolute Gasteiger partial charge is 0.321 e. The Labute approximate surface area is 130 Å². The van der Waals surface area contributed by atoms with Gasteiger partial charge in [0.25, 0.3) is 5.91 Å². The third-order valence-electron chi connectivity index (χ3n) is 2.77. The number of amides is 1. The number of nitrogens with zero attached hydrogens (tertiary/aromatic N) is 4. The molecule has 0 saturated heterocycles. The van der Waals surface area contributed by atoms with Crippen LogP contribution in [0.4, 0.5) is 5.69 Å². The van der Waals surface area contributed by atoms with Crippen molar-refractivity contribution in [3.8, 4) is 16.8 Å². The smallest absolute Gasteiger partial charge is 0.275 e. The highest BCUT2D eigenvalue weighted by molar-refractivity contribution is 7.13. The van der Waals surface area contributed by atoms with Crippen LogP contribution < -0.4 is 5.32 Å². The van der Waals surface area contributed by atoms with Gasteiger partial charge in [0.1, 0.15) is 16.4 Å². The maximum atomic E-state index is 12.2. The number of carbonyl (C=O) groups is 1. The minimum Gasteiger partial charge on any atom is -0.321 e. The summed E-state index contributed by atoms with van der Waals surface area (Å²) in [5, 5.41) is 13.9. The SMILES string of the molecule is N#Cc1cccc(NC(=O)c2csc(-c3cnccn3)n2)c1. The van der Waals surface area contributed by atoms with E-state index in [1.54, 1.807) is 48.2 Å². The second-order valence-electron chi connectivity index (χ2n) is 4.28. The van der Waals surface area contributed by atoms with Crippen molar-refractivity contribution in [3.63, 3.8) is 0 Å². The maximum absolute atomic E-state index is 12.2. The minimum absolute atomic E-state index is 0.299. The molecule has 0 saturated carbocycles. The van der Waals surface area contributed by atoms with Crippen LogP contribution in [0.3, 0.4) is 0 Å². The van der Waals surface area contributed by atoms with Crippen LogP contribution in [-0.4, -0.2) is 20.9 Å². The first kappa shape index (κ1) is 13.9. The van der Waals surface area contributed by atoms with Gasteiger partial charge in [-0.25, -0.2) is 4.98 Å². The van der Waals surface area contributed by atoms with Crippen molar-refractivity contribution < 1.29 is 4.79 Å². The number of anilines is 1. The van der Waals surface area contributed by atoms with Gasteiger partial charge in [-0.2, -0.15) is 5.26 Å². The van der Waals surface area contributed by atoms with Crippen molar-refractivity contribution in [1.82, 2.24) is 15.0 Å². The Bertz CT molecular complexity index is 854. The molecule has 0 unspecified atom stereocenters. The van der Waals surface area contributed by atoms with Crippen molar-refractivity contribution in [2.24, 2.45) is 0 Å². The lowest BCUT2D eigenvalue weighted by Crippen LogP contribution is -2.12. The zero-order chi connectivity index (χ0) is 15.4. The highest BCUT2D eigenvalue weighted by atomic mass is 32.1. The molecule has 3 rings (SSSR count). The summed E-state index contributed by atoms with van der Waals surface area (Å²) in [4.78, 5) is 24.6. The minimum atomic E-state index is -0.332. The van der Waals surface area contributed by atoms with Gasteiger partial charge in [0.2, 0.25) is 0 Å². The van der Waals surface area contributed by atoms with Crippen LogP contribution in [0.25, 0.3) is 10.7 Å². The molecule has 22 heavy (non-hydrogen) atoms. The molecule has 2 aromatic heterocycles. The van der Waals surface area contributed by atoms with E-state index < -0.39 is 0 Å². The highest BCUT2D eigenvalue weighted by Gasteiger charge is 2.13. The molecule has 0 fully saturated rings. The summed E-state index contributed by atoms with van der Waals surface area (Å²) in [5.74, 6) is -0.332. The summed E-state index contributed by atoms with van der Waals surface area (Å²) in [7, 11) is 0. The number of aromatic nitrogens is 3. The third-order valence-corrected chi connectivity index (χ3v) is 3.63. The molecule has 106 valence electrons. The quantitative estimate of drug-likeness (QED) is 0.803. The predicted molar refractivity (Wildman–Crippen MR) is 82.3 cm³/mol. The molecule has 0 bridgehead atoms. The molecule has 0 aliphatic heterocycles. The van der Waals surface area contributed by atoms with Crippen molar-refractivity contribution in [1.29, 1.82) is 5.26 Å². The number of rotatable bonds is 3. The summed E-state index contributed by atoms with van der Waals surface area (Å²) in [6.45, 7) is 0. The Morgan fingerprint density at radius 1 is 1.32 bits per heavy atom. The van der Waals surface area contributed by atoms with E-state index in [-0.39, 0.29) is 5.91 Å². The second-order valence-corrected chi connectivity index (χ2v) is 5.13. The lowest BCUT2D eigenvalue weighted by atomic mass is 10.2. The molecule has 1 N–H and O–H groups in total. The van der Waals surface area contributed by atoms with Crippen LogP contribution in [0.2, 0.25) is 0 Å². The number of hydrogen-bond donors (Lipinski definition) is 1. The lowest BCUT2D eigenvalue weighted by molar-refractivity contribution is 0.102. The number of benzene rings is 1. The average Bonchev–Trinajstić information content (AvgIpc) is 3.06. The van der Waals surface area contributed by atoms with Gasteiger partial charge < -0.3 is 5.32 Å². The van der Waals surface area contributed by atoms with E-state index in [2.05, 4.69) is 20.3 Å². The molecular weight excluding hydrogens is 298 g/mol. The van der Waals surface area contributed by atoms with Gasteiger partial charge in [-0.05, 0) is 18.2 Å². The van der Waals surface area contributed by atoms with Crippen LogP contribution in [0.5, 0.6) is 0 Å². The van der Waals surface area contributed by atoms with Crippen LogP contribution in [0, 0.1) is 11.3 Å². The molecular formula is C15H9N5OS. The molecule has 1 amide bonds. The fourth-order valence-electron chi connectivity index (χ4n) is 1.77. The molecule has 0 aliphatic carbocycles. The van der Waals surface area contributed by atoms with E-state index in [1.807, 2.05) is 6.07 Å². The number of hydrogen-bond acceptors (Lipinski definition) is 6. The van der Waals surface area contributed by atoms with Crippen molar-refractivity contribution in [2.45, 2.75) is 0 Å². The maximum Gasteiger partial charge on any atom is 0.275 e. The fourth-order valence-corrected chi connectivity index (χ4v) is 2.53. The summed E-state index contributed by atoms with van der Waals surface area (Å²) in [6.07, 6.45) is 4.74. The first-order chi connectivity index (χ1) is 10.8. The average molecular weight is 307 g/mol. The summed E-state index contributed by atoms with van der Waals surface area (Å²) in [5.41, 5.74) is 1.96. The molecule has 3 aromatic rings. The first-order valence-corrected chi connectivity index (χ1v) is 7.17. The first-order valence-electron chi connectivity index (χ1n) is 6.30. The molecule has 0 aliphatic rings. The molecule has 6 nitrogen and oxygen atoms in total. The molecule has 2 heterocycles. The Hall–Kier alpha value is -3.11. The highest BCUT2D eigenvalue weighted by Crippen LogP contribution is 2.21. The molecule has 1 aromatic carbocycles. The van der Waals surface area contributed by atoms with E-state index in [0.717, 1.165) is 0 Å². The van der Waals surface area contributed by atoms with Crippen molar-refractivity contribution in [2.75, 3.05) is 5.32 Å². The number of nitriles is 1. The van der Waals surface area contributed by atoms with Gasteiger partial charge in [-0.15, -0.1) is 11.3 Å². The van der Waals surface area contributed by atoms with Crippen LogP contribution in [0.15, 0.2) is 48.2 Å². The van der Waals surface area contributed by atoms with Gasteiger partial charge in [0, 0.05) is 23.5 Å². The van der Waals surface area contributed by atoms with Crippen LogP contribution in [0.1, 0.15) is 16.1 Å². The Kier molecular flexibility index (Phi) is 3.85. The number of nitrogens with one attached hydrogen (secondary N) is 1. The van der Waals surface area contributed by atoms with Crippen LogP contribution >= 0.6 is 11.3 Å². The summed E-state index contributed by atoms with van der Waals surface area (Å²) >= 11 is 1.32. The summed E-state index contributed by atoms with van der Waals surface area (Å²) < 4.78 is 0. The van der Waals surface area contributed by atoms with Gasteiger partial charge in [0.05, 0.1) is 17.8 Å². The van der Waals surface area contributed by atoms with Gasteiger partial charge >= 0.3 is 0 Å². The van der Waals surface area contributed by atoms with E-state index in [4.69, 9.17) is 5.26 Å². The predicted octanol–water partition coefficient (Wildman–Crippen LogP) is 2.72. The van der Waals surface area contributed by atoms with Crippen LogP contribution in [-0.2, 0) is 0 Å². The normalized spacial score (nSPS) is 9.95. The van der Waals surface area contributed by atoms with E-state index >= 15 is 0 Å². The van der Waals surface area contributed by atoms with E-state index in [9.17, 15) is 4.79 Å². The van der Waals surface area contributed by atoms with Crippen molar-refractivity contribution >= 4 is 22.9 Å². The lowest BCUT2D eigenvalue weighted by Gasteiger charge is -2.02.